The quantitative estimate of drug-likeness (QED) is 0.806. The molecule has 1 heterocycles. The maximum atomic E-state index is 11.7. The molecule has 0 saturated carbocycles. The van der Waals surface area contributed by atoms with Gasteiger partial charge in [-0.1, -0.05) is 0 Å². The Hall–Kier alpha value is -1.77. The zero-order valence-corrected chi connectivity index (χ0v) is 10.7. The highest BCUT2D eigenvalue weighted by Gasteiger charge is 2.17. The number of hydrogen-bond donors (Lipinski definition) is 1. The lowest BCUT2D eigenvalue weighted by atomic mass is 10.1. The molecule has 90 valence electrons. The summed E-state index contributed by atoms with van der Waals surface area (Å²) in [6.45, 7) is 8.26. The molecule has 0 bridgehead atoms. The van der Waals surface area contributed by atoms with E-state index in [-0.39, 0.29) is 11.5 Å². The van der Waals surface area contributed by atoms with Crippen LogP contribution in [0.4, 0.5) is 0 Å². The summed E-state index contributed by atoms with van der Waals surface area (Å²) in [5.74, 6) is 0.288. The molecule has 1 aromatic heterocycles. The standard InChI is InChI=1S/C14H17NO2/c1-5-15-9(3)14(10(4)16)11-7-13(17)8(2)6-12(11)15/h6-7,17H,5H2,1-4H3. The number of carbonyl (C=O) groups excluding carboxylic acids is 1. The smallest absolute Gasteiger partial charge is 0.162 e. The molecule has 0 aliphatic heterocycles. The molecule has 3 nitrogen and oxygen atoms in total. The van der Waals surface area contributed by atoms with Crippen LogP contribution in [-0.4, -0.2) is 15.5 Å². The van der Waals surface area contributed by atoms with Crippen LogP contribution in [0.2, 0.25) is 0 Å². The van der Waals surface area contributed by atoms with E-state index in [1.165, 1.54) is 0 Å². The van der Waals surface area contributed by atoms with E-state index in [1.54, 1.807) is 13.0 Å². The van der Waals surface area contributed by atoms with E-state index in [9.17, 15) is 9.90 Å². The summed E-state index contributed by atoms with van der Waals surface area (Å²) in [6, 6.07) is 3.63. The molecule has 2 rings (SSSR count). The Labute approximate surface area is 101 Å². The number of Topliss-reactive ketones (excluding diaryl/α,β-unsaturated/α-hetero) is 1. The highest BCUT2D eigenvalue weighted by molar-refractivity contribution is 6.08. The predicted molar refractivity (Wildman–Crippen MR) is 68.8 cm³/mol. The fourth-order valence-corrected chi connectivity index (χ4v) is 2.47. The largest absolute Gasteiger partial charge is 0.508 e. The molecule has 0 unspecified atom stereocenters. The molecule has 1 N–H and O–H groups in total. The van der Waals surface area contributed by atoms with Gasteiger partial charge in [0.2, 0.25) is 0 Å². The average Bonchev–Trinajstić information content (AvgIpc) is 2.50. The molecule has 3 heteroatoms. The Morgan fingerprint density at radius 3 is 2.53 bits per heavy atom. The minimum atomic E-state index is 0.0444. The molecule has 0 saturated heterocycles. The summed E-state index contributed by atoms with van der Waals surface area (Å²) < 4.78 is 2.11. The molecular formula is C14H17NO2. The van der Waals surface area contributed by atoms with Crippen molar-refractivity contribution in [2.24, 2.45) is 0 Å². The third-order valence-corrected chi connectivity index (χ3v) is 3.31. The monoisotopic (exact) mass is 231 g/mol. The van der Waals surface area contributed by atoms with E-state index in [1.807, 2.05) is 19.9 Å². The molecule has 0 atom stereocenters. The summed E-state index contributed by atoms with van der Waals surface area (Å²) in [5, 5.41) is 10.6. The molecule has 0 aliphatic carbocycles. The van der Waals surface area contributed by atoms with Gasteiger partial charge in [-0.15, -0.1) is 0 Å². The SMILES string of the molecule is CCn1c(C)c(C(C)=O)c2cc(O)c(C)cc21. The predicted octanol–water partition coefficient (Wildman–Crippen LogP) is 3.19. The van der Waals surface area contributed by atoms with Crippen LogP contribution in [-0.2, 0) is 6.54 Å². The van der Waals surface area contributed by atoms with Crippen molar-refractivity contribution in [2.75, 3.05) is 0 Å². The van der Waals surface area contributed by atoms with Gasteiger partial charge in [-0.25, -0.2) is 0 Å². The lowest BCUT2D eigenvalue weighted by Crippen LogP contribution is -1.99. The number of aromatic nitrogens is 1. The number of fused-ring (bicyclic) bond motifs is 1. The van der Waals surface area contributed by atoms with Crippen LogP contribution in [0.3, 0.4) is 0 Å². The van der Waals surface area contributed by atoms with Gasteiger partial charge in [0.25, 0.3) is 0 Å². The lowest BCUT2D eigenvalue weighted by molar-refractivity contribution is 0.101. The second kappa shape index (κ2) is 3.91. The number of ketones is 1. The number of nitrogens with zero attached hydrogens (tertiary/aromatic N) is 1. The Kier molecular flexibility index (Phi) is 2.69. The number of phenols is 1. The van der Waals surface area contributed by atoms with Crippen molar-refractivity contribution in [1.29, 1.82) is 0 Å². The van der Waals surface area contributed by atoms with Crippen molar-refractivity contribution in [3.8, 4) is 5.75 Å². The Balaban J connectivity index is 2.95. The van der Waals surface area contributed by atoms with Crippen molar-refractivity contribution < 1.29 is 9.90 Å². The number of rotatable bonds is 2. The van der Waals surface area contributed by atoms with Gasteiger partial charge in [-0.05, 0) is 45.4 Å². The number of phenolic OH excluding ortho intramolecular Hbond substituents is 1. The van der Waals surface area contributed by atoms with E-state index in [2.05, 4.69) is 11.5 Å². The third kappa shape index (κ3) is 1.62. The summed E-state index contributed by atoms with van der Waals surface area (Å²) in [7, 11) is 0. The maximum absolute atomic E-state index is 11.7. The van der Waals surface area contributed by atoms with Crippen molar-refractivity contribution in [3.63, 3.8) is 0 Å². The van der Waals surface area contributed by atoms with Crippen LogP contribution >= 0.6 is 0 Å². The van der Waals surface area contributed by atoms with Crippen molar-refractivity contribution in [2.45, 2.75) is 34.2 Å². The fourth-order valence-electron chi connectivity index (χ4n) is 2.47. The second-order valence-electron chi connectivity index (χ2n) is 4.42. The van der Waals surface area contributed by atoms with E-state index in [0.29, 0.717) is 0 Å². The van der Waals surface area contributed by atoms with Crippen LogP contribution in [0.5, 0.6) is 5.75 Å². The van der Waals surface area contributed by atoms with Gasteiger partial charge in [-0.2, -0.15) is 0 Å². The summed E-state index contributed by atoms with van der Waals surface area (Å²) in [6.07, 6.45) is 0. The van der Waals surface area contributed by atoms with Crippen LogP contribution in [0.15, 0.2) is 12.1 Å². The first-order valence-corrected chi connectivity index (χ1v) is 5.80. The number of aryl methyl sites for hydroxylation is 2. The molecule has 17 heavy (non-hydrogen) atoms. The van der Waals surface area contributed by atoms with Crippen molar-refractivity contribution in [3.05, 3.63) is 29.0 Å². The van der Waals surface area contributed by atoms with Crippen molar-refractivity contribution in [1.82, 2.24) is 4.57 Å². The van der Waals surface area contributed by atoms with Crippen LogP contribution in [0.25, 0.3) is 10.9 Å². The van der Waals surface area contributed by atoms with E-state index in [0.717, 1.165) is 34.3 Å². The first-order chi connectivity index (χ1) is 7.97. The first-order valence-electron chi connectivity index (χ1n) is 5.80. The van der Waals surface area contributed by atoms with E-state index < -0.39 is 0 Å². The van der Waals surface area contributed by atoms with Gasteiger partial charge in [0.1, 0.15) is 5.75 Å². The minimum absolute atomic E-state index is 0.0444. The summed E-state index contributed by atoms with van der Waals surface area (Å²) in [4.78, 5) is 11.7. The number of benzene rings is 1. The van der Waals surface area contributed by atoms with Gasteiger partial charge < -0.3 is 9.67 Å². The molecule has 1 aromatic carbocycles. The molecule has 2 aromatic rings. The zero-order chi connectivity index (χ0) is 12.7. The molecule has 0 radical (unpaired) electrons. The third-order valence-electron chi connectivity index (χ3n) is 3.31. The molecule has 0 fully saturated rings. The van der Waals surface area contributed by atoms with E-state index >= 15 is 0 Å². The van der Waals surface area contributed by atoms with Gasteiger partial charge >= 0.3 is 0 Å². The van der Waals surface area contributed by atoms with Gasteiger partial charge in [0.15, 0.2) is 5.78 Å². The summed E-state index contributed by atoms with van der Waals surface area (Å²) >= 11 is 0. The molecule has 0 aliphatic rings. The van der Waals surface area contributed by atoms with Gasteiger partial charge in [-0.3, -0.25) is 4.79 Å². The highest BCUT2D eigenvalue weighted by Crippen LogP contribution is 2.31. The second-order valence-corrected chi connectivity index (χ2v) is 4.42. The highest BCUT2D eigenvalue weighted by atomic mass is 16.3. The Morgan fingerprint density at radius 2 is 2.00 bits per heavy atom. The topological polar surface area (TPSA) is 42.2 Å². The van der Waals surface area contributed by atoms with Crippen LogP contribution in [0.1, 0.15) is 35.5 Å². The lowest BCUT2D eigenvalue weighted by Gasteiger charge is -2.05. The van der Waals surface area contributed by atoms with Gasteiger partial charge in [0, 0.05) is 28.7 Å². The molecule has 0 amide bonds. The van der Waals surface area contributed by atoms with Crippen LogP contribution in [0, 0.1) is 13.8 Å². The van der Waals surface area contributed by atoms with Crippen molar-refractivity contribution >= 4 is 16.7 Å². The van der Waals surface area contributed by atoms with Gasteiger partial charge in [0.05, 0.1) is 0 Å². The Bertz CT molecular complexity index is 608. The normalized spacial score (nSPS) is 11.1. The first kappa shape index (κ1) is 11.7. The average molecular weight is 231 g/mol. The van der Waals surface area contributed by atoms with Crippen LogP contribution < -0.4 is 0 Å². The van der Waals surface area contributed by atoms with E-state index in [4.69, 9.17) is 0 Å². The molecular weight excluding hydrogens is 214 g/mol. The zero-order valence-electron chi connectivity index (χ0n) is 10.7. The Morgan fingerprint density at radius 1 is 1.35 bits per heavy atom. The maximum Gasteiger partial charge on any atom is 0.162 e. The fraction of sp³-hybridized carbons (Fsp3) is 0.357. The number of aromatic hydroxyl groups is 1. The molecule has 0 spiro atoms. The minimum Gasteiger partial charge on any atom is -0.508 e. The number of hydrogen-bond acceptors (Lipinski definition) is 2. The summed E-state index contributed by atoms with van der Waals surface area (Å²) in [5.41, 5.74) is 3.54. The number of carbonyl (C=O) groups is 1.